The fourth-order valence-electron chi connectivity index (χ4n) is 1.48. The highest BCUT2D eigenvalue weighted by Gasteiger charge is 2.22. The van der Waals surface area contributed by atoms with Gasteiger partial charge < -0.3 is 10.1 Å². The van der Waals surface area contributed by atoms with Crippen LogP contribution in [-0.2, 0) is 19.7 Å². The Bertz CT molecular complexity index is 398. The molecule has 0 radical (unpaired) electrons. The first-order valence-electron chi connectivity index (χ1n) is 5.83. The van der Waals surface area contributed by atoms with Gasteiger partial charge in [0.05, 0.1) is 13.5 Å². The summed E-state index contributed by atoms with van der Waals surface area (Å²) in [6.45, 7) is 4.73. The third kappa shape index (κ3) is 4.49. The molecular formula is C13H19NO3S. The SMILES string of the molecule is COC(=O)CCC(=O)NCC(C)(C)c1cccs1. The number of nitrogens with one attached hydrogen (secondary N) is 1. The summed E-state index contributed by atoms with van der Waals surface area (Å²) in [7, 11) is 1.32. The summed E-state index contributed by atoms with van der Waals surface area (Å²) in [5.74, 6) is -0.479. The number of thiophene rings is 1. The van der Waals surface area contributed by atoms with E-state index in [0.717, 1.165) is 0 Å². The van der Waals surface area contributed by atoms with E-state index >= 15 is 0 Å². The Balaban J connectivity index is 2.36. The third-order valence-electron chi connectivity index (χ3n) is 2.70. The van der Waals surface area contributed by atoms with E-state index in [2.05, 4.69) is 30.0 Å². The fourth-order valence-corrected chi connectivity index (χ4v) is 2.33. The second-order valence-electron chi connectivity index (χ2n) is 4.71. The van der Waals surface area contributed by atoms with Crippen LogP contribution in [0.4, 0.5) is 0 Å². The van der Waals surface area contributed by atoms with Crippen LogP contribution in [-0.4, -0.2) is 25.5 Å². The Morgan fingerprint density at radius 1 is 1.39 bits per heavy atom. The molecule has 1 aromatic heterocycles. The summed E-state index contributed by atoms with van der Waals surface area (Å²) in [6.07, 6.45) is 0.301. The first-order chi connectivity index (χ1) is 8.45. The standard InChI is InChI=1S/C13H19NO3S/c1-13(2,10-5-4-8-18-10)9-14-11(15)6-7-12(16)17-3/h4-5,8H,6-7,9H2,1-3H3,(H,14,15). The summed E-state index contributed by atoms with van der Waals surface area (Å²) in [5.41, 5.74) is -0.0882. The molecule has 0 aromatic carbocycles. The van der Waals surface area contributed by atoms with E-state index in [9.17, 15) is 9.59 Å². The lowest BCUT2D eigenvalue weighted by Crippen LogP contribution is -2.36. The summed E-state index contributed by atoms with van der Waals surface area (Å²) in [6, 6.07) is 4.06. The zero-order valence-corrected chi connectivity index (χ0v) is 11.8. The van der Waals surface area contributed by atoms with Crippen molar-refractivity contribution in [3.63, 3.8) is 0 Å². The van der Waals surface area contributed by atoms with Crippen LogP contribution in [0.25, 0.3) is 0 Å². The Hall–Kier alpha value is -1.36. The van der Waals surface area contributed by atoms with E-state index in [0.29, 0.717) is 6.54 Å². The van der Waals surface area contributed by atoms with Crippen LogP contribution in [0.3, 0.4) is 0 Å². The molecule has 0 aliphatic rings. The van der Waals surface area contributed by atoms with Crippen LogP contribution in [0.2, 0.25) is 0 Å². The third-order valence-corrected chi connectivity index (χ3v) is 3.94. The highest BCUT2D eigenvalue weighted by Crippen LogP contribution is 2.26. The molecule has 1 aromatic rings. The number of carbonyl (C=O) groups excluding carboxylic acids is 2. The number of carbonyl (C=O) groups is 2. The Morgan fingerprint density at radius 2 is 2.11 bits per heavy atom. The number of methoxy groups -OCH3 is 1. The van der Waals surface area contributed by atoms with E-state index in [4.69, 9.17) is 0 Å². The minimum atomic E-state index is -0.359. The fraction of sp³-hybridized carbons (Fsp3) is 0.538. The van der Waals surface area contributed by atoms with Gasteiger partial charge in [0.25, 0.3) is 0 Å². The molecule has 18 heavy (non-hydrogen) atoms. The maximum Gasteiger partial charge on any atom is 0.306 e. The quantitative estimate of drug-likeness (QED) is 0.805. The largest absolute Gasteiger partial charge is 0.469 e. The molecule has 4 nitrogen and oxygen atoms in total. The van der Waals surface area contributed by atoms with Crippen LogP contribution in [0, 0.1) is 0 Å². The molecule has 0 saturated heterocycles. The van der Waals surface area contributed by atoms with Gasteiger partial charge in [0.2, 0.25) is 5.91 Å². The normalized spacial score (nSPS) is 11.1. The second kappa shape index (κ2) is 6.54. The maximum absolute atomic E-state index is 11.6. The van der Waals surface area contributed by atoms with Crippen molar-refractivity contribution in [2.45, 2.75) is 32.1 Å². The predicted molar refractivity (Wildman–Crippen MR) is 71.6 cm³/mol. The minimum absolute atomic E-state index is 0.0882. The summed E-state index contributed by atoms with van der Waals surface area (Å²) >= 11 is 1.68. The molecule has 0 aliphatic carbocycles. The van der Waals surface area contributed by atoms with Crippen molar-refractivity contribution in [1.29, 1.82) is 0 Å². The van der Waals surface area contributed by atoms with Gasteiger partial charge in [-0.05, 0) is 11.4 Å². The first kappa shape index (κ1) is 14.7. The van der Waals surface area contributed by atoms with Gasteiger partial charge in [-0.3, -0.25) is 9.59 Å². The van der Waals surface area contributed by atoms with Crippen LogP contribution in [0.5, 0.6) is 0 Å². The van der Waals surface area contributed by atoms with Gasteiger partial charge in [0.15, 0.2) is 0 Å². The van der Waals surface area contributed by atoms with E-state index in [-0.39, 0.29) is 30.1 Å². The van der Waals surface area contributed by atoms with Gasteiger partial charge in [0.1, 0.15) is 0 Å². The van der Waals surface area contributed by atoms with Crippen molar-refractivity contribution in [2.75, 3.05) is 13.7 Å². The molecule has 0 spiro atoms. The highest BCUT2D eigenvalue weighted by atomic mass is 32.1. The average Bonchev–Trinajstić information content (AvgIpc) is 2.88. The van der Waals surface area contributed by atoms with E-state index in [1.54, 1.807) is 11.3 Å². The molecule has 0 fully saturated rings. The maximum atomic E-state index is 11.6. The number of hydrogen-bond acceptors (Lipinski definition) is 4. The molecule has 0 aliphatic heterocycles. The summed E-state index contributed by atoms with van der Waals surface area (Å²) in [5, 5.41) is 4.87. The van der Waals surface area contributed by atoms with Crippen molar-refractivity contribution in [3.8, 4) is 0 Å². The minimum Gasteiger partial charge on any atom is -0.469 e. The van der Waals surface area contributed by atoms with Crippen molar-refractivity contribution in [3.05, 3.63) is 22.4 Å². The Kier molecular flexibility index (Phi) is 5.34. The highest BCUT2D eigenvalue weighted by molar-refractivity contribution is 7.10. The van der Waals surface area contributed by atoms with E-state index < -0.39 is 0 Å². The molecule has 100 valence electrons. The van der Waals surface area contributed by atoms with Gasteiger partial charge in [-0.25, -0.2) is 0 Å². The molecule has 0 atom stereocenters. The lowest BCUT2D eigenvalue weighted by molar-refractivity contribution is -0.142. The molecule has 1 amide bonds. The average molecular weight is 269 g/mol. The monoisotopic (exact) mass is 269 g/mol. The number of esters is 1. The number of hydrogen-bond donors (Lipinski definition) is 1. The van der Waals surface area contributed by atoms with E-state index in [1.807, 2.05) is 11.4 Å². The number of rotatable bonds is 6. The van der Waals surface area contributed by atoms with Crippen molar-refractivity contribution in [1.82, 2.24) is 5.32 Å². The van der Waals surface area contributed by atoms with Gasteiger partial charge in [-0.1, -0.05) is 19.9 Å². The van der Waals surface area contributed by atoms with Crippen molar-refractivity contribution < 1.29 is 14.3 Å². The molecule has 5 heteroatoms. The Labute approximate surface area is 111 Å². The van der Waals surface area contributed by atoms with Crippen molar-refractivity contribution >= 4 is 23.2 Å². The second-order valence-corrected chi connectivity index (χ2v) is 5.66. The molecule has 0 bridgehead atoms. The summed E-state index contributed by atoms with van der Waals surface area (Å²) < 4.78 is 4.49. The van der Waals surface area contributed by atoms with Crippen LogP contribution in [0.15, 0.2) is 17.5 Å². The molecule has 1 rings (SSSR count). The van der Waals surface area contributed by atoms with Gasteiger partial charge in [-0.2, -0.15) is 0 Å². The molecule has 1 N–H and O–H groups in total. The predicted octanol–water partition coefficient (Wildman–Crippen LogP) is 2.10. The Morgan fingerprint density at radius 3 is 2.67 bits per heavy atom. The molecule has 1 heterocycles. The van der Waals surface area contributed by atoms with Crippen LogP contribution < -0.4 is 5.32 Å². The zero-order valence-electron chi connectivity index (χ0n) is 11.0. The summed E-state index contributed by atoms with van der Waals surface area (Å²) in [4.78, 5) is 23.7. The van der Waals surface area contributed by atoms with Crippen molar-refractivity contribution in [2.24, 2.45) is 0 Å². The first-order valence-corrected chi connectivity index (χ1v) is 6.71. The number of ether oxygens (including phenoxy) is 1. The van der Waals surface area contributed by atoms with Crippen LogP contribution >= 0.6 is 11.3 Å². The van der Waals surface area contributed by atoms with Gasteiger partial charge >= 0.3 is 5.97 Å². The number of amides is 1. The van der Waals surface area contributed by atoms with Crippen LogP contribution in [0.1, 0.15) is 31.6 Å². The molecule has 0 unspecified atom stereocenters. The molecule has 0 saturated carbocycles. The smallest absolute Gasteiger partial charge is 0.306 e. The van der Waals surface area contributed by atoms with E-state index in [1.165, 1.54) is 12.0 Å². The topological polar surface area (TPSA) is 55.4 Å². The molecular weight excluding hydrogens is 250 g/mol. The lowest BCUT2D eigenvalue weighted by atomic mass is 9.91. The van der Waals surface area contributed by atoms with Gasteiger partial charge in [0, 0.05) is 23.3 Å². The lowest BCUT2D eigenvalue weighted by Gasteiger charge is -2.23. The zero-order chi connectivity index (χ0) is 13.6. The van der Waals surface area contributed by atoms with Gasteiger partial charge in [-0.15, -0.1) is 11.3 Å².